The Labute approximate surface area is 93.9 Å². The van der Waals surface area contributed by atoms with E-state index in [0.29, 0.717) is 11.3 Å². The molecule has 2 atom stereocenters. The Morgan fingerprint density at radius 3 is 2.44 bits per heavy atom. The molecule has 1 rings (SSSR count). The van der Waals surface area contributed by atoms with Crippen LogP contribution in [0.1, 0.15) is 18.6 Å². The largest absolute Gasteiger partial charge is 0.395 e. The molecule has 0 heterocycles. The number of hydrogen-bond acceptors (Lipinski definition) is 4. The standard InChI is InChI=1S/C11H16N2O3/c1-7(15)13-9-4-2-8(3-5-9)11(16)10(12)6-14/h2-5,10-11,14,16H,6,12H2,1H3,(H,13,15)/t10-,11-/m1/s1. The van der Waals surface area contributed by atoms with E-state index in [0.717, 1.165) is 0 Å². The molecule has 5 N–H and O–H groups in total. The fraction of sp³-hybridized carbons (Fsp3) is 0.364. The average Bonchev–Trinajstić information content (AvgIpc) is 2.27. The normalized spacial score (nSPS) is 14.2. The van der Waals surface area contributed by atoms with E-state index in [1.54, 1.807) is 24.3 Å². The predicted molar refractivity (Wildman–Crippen MR) is 60.8 cm³/mol. The topological polar surface area (TPSA) is 95.6 Å². The van der Waals surface area contributed by atoms with Crippen molar-refractivity contribution >= 4 is 11.6 Å². The number of amides is 1. The molecule has 0 saturated carbocycles. The Morgan fingerprint density at radius 2 is 2.00 bits per heavy atom. The lowest BCUT2D eigenvalue weighted by Crippen LogP contribution is -2.31. The van der Waals surface area contributed by atoms with Gasteiger partial charge in [0, 0.05) is 12.6 Å². The van der Waals surface area contributed by atoms with Crippen LogP contribution in [0, 0.1) is 0 Å². The van der Waals surface area contributed by atoms with Gasteiger partial charge in [-0.05, 0) is 17.7 Å². The van der Waals surface area contributed by atoms with Crippen molar-refractivity contribution in [3.63, 3.8) is 0 Å². The number of aliphatic hydroxyl groups excluding tert-OH is 2. The maximum absolute atomic E-state index is 10.8. The maximum Gasteiger partial charge on any atom is 0.221 e. The third-order valence-electron chi connectivity index (χ3n) is 2.19. The molecule has 0 spiro atoms. The lowest BCUT2D eigenvalue weighted by Gasteiger charge is -2.17. The highest BCUT2D eigenvalue weighted by atomic mass is 16.3. The smallest absolute Gasteiger partial charge is 0.221 e. The van der Waals surface area contributed by atoms with Crippen LogP contribution in [-0.2, 0) is 4.79 Å². The lowest BCUT2D eigenvalue weighted by molar-refractivity contribution is -0.114. The zero-order valence-electron chi connectivity index (χ0n) is 9.05. The van der Waals surface area contributed by atoms with E-state index in [4.69, 9.17) is 10.8 Å². The van der Waals surface area contributed by atoms with Crippen LogP contribution in [0.3, 0.4) is 0 Å². The number of aliphatic hydroxyl groups is 2. The maximum atomic E-state index is 10.8. The number of hydrogen-bond donors (Lipinski definition) is 4. The molecule has 0 radical (unpaired) electrons. The number of nitrogens with one attached hydrogen (secondary N) is 1. The van der Waals surface area contributed by atoms with Crippen LogP contribution < -0.4 is 11.1 Å². The van der Waals surface area contributed by atoms with Gasteiger partial charge in [0.1, 0.15) is 0 Å². The zero-order valence-corrected chi connectivity index (χ0v) is 9.05. The summed E-state index contributed by atoms with van der Waals surface area (Å²) in [5.41, 5.74) is 6.76. The molecule has 5 heteroatoms. The van der Waals surface area contributed by atoms with Crippen LogP contribution in [-0.4, -0.2) is 28.8 Å². The van der Waals surface area contributed by atoms with Gasteiger partial charge in [-0.1, -0.05) is 12.1 Å². The molecule has 0 bridgehead atoms. The first-order valence-corrected chi connectivity index (χ1v) is 4.96. The van der Waals surface area contributed by atoms with E-state index in [1.807, 2.05) is 0 Å². The summed E-state index contributed by atoms with van der Waals surface area (Å²) in [6, 6.07) is 5.96. The van der Waals surface area contributed by atoms with Gasteiger partial charge in [-0.3, -0.25) is 4.79 Å². The zero-order chi connectivity index (χ0) is 12.1. The Bertz CT molecular complexity index is 351. The van der Waals surface area contributed by atoms with Gasteiger partial charge in [-0.25, -0.2) is 0 Å². The highest BCUT2D eigenvalue weighted by molar-refractivity contribution is 5.88. The van der Waals surface area contributed by atoms with Crippen molar-refractivity contribution in [2.24, 2.45) is 5.73 Å². The van der Waals surface area contributed by atoms with Crippen molar-refractivity contribution in [1.82, 2.24) is 0 Å². The summed E-state index contributed by atoms with van der Waals surface area (Å²) in [5.74, 6) is -0.152. The summed E-state index contributed by atoms with van der Waals surface area (Å²) < 4.78 is 0. The van der Waals surface area contributed by atoms with E-state index in [2.05, 4.69) is 5.32 Å². The van der Waals surface area contributed by atoms with E-state index < -0.39 is 12.1 Å². The quantitative estimate of drug-likeness (QED) is 0.579. The van der Waals surface area contributed by atoms with Gasteiger partial charge in [-0.15, -0.1) is 0 Å². The minimum absolute atomic E-state index is 0.152. The molecule has 1 aromatic rings. The van der Waals surface area contributed by atoms with Gasteiger partial charge >= 0.3 is 0 Å². The molecule has 0 fully saturated rings. The molecule has 0 aliphatic heterocycles. The number of nitrogens with two attached hydrogens (primary N) is 1. The predicted octanol–water partition coefficient (Wildman–Crippen LogP) is -0.00200. The molecule has 1 amide bonds. The Balaban J connectivity index is 2.74. The molecule has 5 nitrogen and oxygen atoms in total. The number of benzene rings is 1. The molecule has 0 aliphatic carbocycles. The van der Waals surface area contributed by atoms with Crippen LogP contribution in [0.15, 0.2) is 24.3 Å². The van der Waals surface area contributed by atoms with Crippen LogP contribution in [0.5, 0.6) is 0 Å². The third-order valence-corrected chi connectivity index (χ3v) is 2.19. The van der Waals surface area contributed by atoms with Gasteiger partial charge < -0.3 is 21.3 Å². The van der Waals surface area contributed by atoms with E-state index in [1.165, 1.54) is 6.92 Å². The fourth-order valence-corrected chi connectivity index (χ4v) is 1.31. The second-order valence-corrected chi connectivity index (χ2v) is 3.59. The van der Waals surface area contributed by atoms with Gasteiger partial charge in [0.05, 0.1) is 18.8 Å². The molecule has 16 heavy (non-hydrogen) atoms. The van der Waals surface area contributed by atoms with Crippen LogP contribution >= 0.6 is 0 Å². The molecule has 88 valence electrons. The number of carbonyl (C=O) groups is 1. The first kappa shape index (κ1) is 12.6. The lowest BCUT2D eigenvalue weighted by atomic mass is 10.0. The number of carbonyl (C=O) groups excluding carboxylic acids is 1. The number of rotatable bonds is 4. The van der Waals surface area contributed by atoms with Crippen molar-refractivity contribution in [1.29, 1.82) is 0 Å². The van der Waals surface area contributed by atoms with Crippen molar-refractivity contribution < 1.29 is 15.0 Å². The van der Waals surface area contributed by atoms with Gasteiger partial charge in [0.25, 0.3) is 0 Å². The monoisotopic (exact) mass is 224 g/mol. The molecule has 1 aromatic carbocycles. The van der Waals surface area contributed by atoms with Crippen molar-refractivity contribution in [3.05, 3.63) is 29.8 Å². The molecule has 0 aromatic heterocycles. The Hall–Kier alpha value is -1.43. The molecule has 0 aliphatic rings. The average molecular weight is 224 g/mol. The van der Waals surface area contributed by atoms with E-state index in [-0.39, 0.29) is 12.5 Å². The first-order chi connectivity index (χ1) is 7.54. The second-order valence-electron chi connectivity index (χ2n) is 3.59. The van der Waals surface area contributed by atoms with E-state index >= 15 is 0 Å². The SMILES string of the molecule is CC(=O)Nc1ccc([C@@H](O)[C@H](N)CO)cc1. The van der Waals surface area contributed by atoms with E-state index in [9.17, 15) is 9.90 Å². The van der Waals surface area contributed by atoms with Gasteiger partial charge in [-0.2, -0.15) is 0 Å². The van der Waals surface area contributed by atoms with Gasteiger partial charge in [0.15, 0.2) is 0 Å². The van der Waals surface area contributed by atoms with Crippen molar-refractivity contribution in [3.8, 4) is 0 Å². The highest BCUT2D eigenvalue weighted by Gasteiger charge is 2.15. The molecule has 0 saturated heterocycles. The molecular formula is C11H16N2O3. The molecular weight excluding hydrogens is 208 g/mol. The Kier molecular flexibility index (Phi) is 4.42. The van der Waals surface area contributed by atoms with Crippen molar-refractivity contribution in [2.75, 3.05) is 11.9 Å². The summed E-state index contributed by atoms with van der Waals surface area (Å²) in [5, 5.41) is 21.1. The highest BCUT2D eigenvalue weighted by Crippen LogP contribution is 2.18. The summed E-state index contributed by atoms with van der Waals surface area (Å²) in [6.45, 7) is 1.14. The second kappa shape index (κ2) is 5.60. The third kappa shape index (κ3) is 3.30. The number of anilines is 1. The minimum Gasteiger partial charge on any atom is -0.395 e. The van der Waals surface area contributed by atoms with Gasteiger partial charge in [0.2, 0.25) is 5.91 Å². The van der Waals surface area contributed by atoms with Crippen molar-refractivity contribution in [2.45, 2.75) is 19.1 Å². The minimum atomic E-state index is -0.906. The van der Waals surface area contributed by atoms with Crippen LogP contribution in [0.25, 0.3) is 0 Å². The van der Waals surface area contributed by atoms with Crippen LogP contribution in [0.4, 0.5) is 5.69 Å². The fourth-order valence-electron chi connectivity index (χ4n) is 1.31. The summed E-state index contributed by atoms with van der Waals surface area (Å²) in [7, 11) is 0. The summed E-state index contributed by atoms with van der Waals surface area (Å²) >= 11 is 0. The first-order valence-electron chi connectivity index (χ1n) is 4.96. The van der Waals surface area contributed by atoms with Crippen LogP contribution in [0.2, 0.25) is 0 Å². The molecule has 0 unspecified atom stereocenters. The summed E-state index contributed by atoms with van der Waals surface area (Å²) in [4.78, 5) is 10.8. The summed E-state index contributed by atoms with van der Waals surface area (Å²) in [6.07, 6.45) is -0.906. The Morgan fingerprint density at radius 1 is 1.44 bits per heavy atom.